The fraction of sp³-hybridized carbons (Fsp3) is 0.452. The Labute approximate surface area is 255 Å². The van der Waals surface area contributed by atoms with E-state index in [0.717, 1.165) is 43.0 Å². The molecular weight excluding hydrogens is 594 g/mol. The van der Waals surface area contributed by atoms with Gasteiger partial charge in [-0.2, -0.15) is 18.2 Å². The average molecular weight is 632 g/mol. The number of amides is 1. The van der Waals surface area contributed by atoms with Crippen molar-refractivity contribution in [1.29, 1.82) is 0 Å². The van der Waals surface area contributed by atoms with Gasteiger partial charge in [-0.25, -0.2) is 4.98 Å². The van der Waals surface area contributed by atoms with Gasteiger partial charge in [0.15, 0.2) is 0 Å². The SMILES string of the molecule is CCOP(=O)(Cc1ccc(Nc2ncc(C(F)(F)F)c(Nc3ccc(C4CCCCC4)c4c3C(=O)N(C)C4)n2)cc1)OCC. The lowest BCUT2D eigenvalue weighted by Gasteiger charge is -2.25. The van der Waals surface area contributed by atoms with Crippen LogP contribution in [0.15, 0.2) is 42.6 Å². The Hall–Kier alpha value is -3.47. The Kier molecular flexibility index (Phi) is 9.62. The minimum absolute atomic E-state index is 0.0681. The summed E-state index contributed by atoms with van der Waals surface area (Å²) in [7, 11) is -1.60. The molecule has 0 radical (unpaired) electrons. The number of nitrogens with one attached hydrogen (secondary N) is 2. The van der Waals surface area contributed by atoms with Crippen molar-refractivity contribution >= 4 is 36.6 Å². The van der Waals surface area contributed by atoms with Gasteiger partial charge in [0.1, 0.15) is 11.4 Å². The third-order valence-electron chi connectivity index (χ3n) is 7.94. The van der Waals surface area contributed by atoms with Crippen molar-refractivity contribution in [2.24, 2.45) is 0 Å². The molecule has 1 aliphatic heterocycles. The molecule has 13 heteroatoms. The van der Waals surface area contributed by atoms with Crippen molar-refractivity contribution in [3.05, 3.63) is 70.4 Å². The van der Waals surface area contributed by atoms with Crippen molar-refractivity contribution in [2.45, 2.75) is 70.8 Å². The number of anilines is 4. The van der Waals surface area contributed by atoms with Crippen molar-refractivity contribution in [1.82, 2.24) is 14.9 Å². The Morgan fingerprint density at radius 1 is 1.00 bits per heavy atom. The first-order valence-electron chi connectivity index (χ1n) is 14.9. The number of halogens is 3. The van der Waals surface area contributed by atoms with Crippen LogP contribution in [0.2, 0.25) is 0 Å². The fourth-order valence-electron chi connectivity index (χ4n) is 5.92. The van der Waals surface area contributed by atoms with Crippen LogP contribution in [0.1, 0.15) is 84.5 Å². The van der Waals surface area contributed by atoms with E-state index in [2.05, 4.69) is 20.6 Å². The molecule has 0 saturated heterocycles. The molecule has 5 rings (SSSR count). The highest BCUT2D eigenvalue weighted by atomic mass is 31.2. The Bertz CT molecular complexity index is 1530. The molecule has 1 fully saturated rings. The highest BCUT2D eigenvalue weighted by Crippen LogP contribution is 2.51. The molecule has 2 N–H and O–H groups in total. The van der Waals surface area contributed by atoms with Gasteiger partial charge in [0.25, 0.3) is 5.91 Å². The summed E-state index contributed by atoms with van der Waals surface area (Å²) in [6, 6.07) is 10.4. The van der Waals surface area contributed by atoms with E-state index in [1.165, 1.54) is 6.42 Å². The van der Waals surface area contributed by atoms with Gasteiger partial charge in [0, 0.05) is 25.5 Å². The molecular formula is C31H37F3N5O4P. The van der Waals surface area contributed by atoms with Crippen LogP contribution in [-0.4, -0.2) is 41.0 Å². The van der Waals surface area contributed by atoms with Crippen LogP contribution < -0.4 is 10.6 Å². The number of carbonyl (C=O) groups is 1. The number of hydrogen-bond donors (Lipinski definition) is 2. The van der Waals surface area contributed by atoms with Gasteiger partial charge in [0.05, 0.1) is 30.6 Å². The molecule has 1 aromatic heterocycles. The third-order valence-corrected chi connectivity index (χ3v) is 9.99. The van der Waals surface area contributed by atoms with Crippen LogP contribution in [0.3, 0.4) is 0 Å². The molecule has 236 valence electrons. The lowest BCUT2D eigenvalue weighted by Crippen LogP contribution is -2.18. The predicted octanol–water partition coefficient (Wildman–Crippen LogP) is 8.38. The molecule has 0 atom stereocenters. The molecule has 0 unspecified atom stereocenters. The number of nitrogens with zero attached hydrogens (tertiary/aromatic N) is 3. The summed E-state index contributed by atoms with van der Waals surface area (Å²) in [4.78, 5) is 22.9. The highest BCUT2D eigenvalue weighted by molar-refractivity contribution is 7.53. The van der Waals surface area contributed by atoms with E-state index in [9.17, 15) is 22.5 Å². The largest absolute Gasteiger partial charge is 0.421 e. The van der Waals surface area contributed by atoms with Crippen LogP contribution >= 0.6 is 7.60 Å². The van der Waals surface area contributed by atoms with Crippen LogP contribution in [0.5, 0.6) is 0 Å². The first-order chi connectivity index (χ1) is 21.0. The van der Waals surface area contributed by atoms with E-state index in [4.69, 9.17) is 9.05 Å². The second-order valence-corrected chi connectivity index (χ2v) is 13.1. The maximum atomic E-state index is 14.1. The molecule has 1 amide bonds. The van der Waals surface area contributed by atoms with Crippen molar-refractivity contribution in [2.75, 3.05) is 30.9 Å². The number of fused-ring (bicyclic) bond motifs is 1. The van der Waals surface area contributed by atoms with Crippen LogP contribution in [0, 0.1) is 0 Å². The maximum absolute atomic E-state index is 14.1. The minimum Gasteiger partial charge on any atom is -0.339 e. The van der Waals surface area contributed by atoms with E-state index >= 15 is 0 Å². The third kappa shape index (κ3) is 7.08. The van der Waals surface area contributed by atoms with Gasteiger partial charge >= 0.3 is 13.8 Å². The maximum Gasteiger partial charge on any atom is 0.421 e. The smallest absolute Gasteiger partial charge is 0.339 e. The topological polar surface area (TPSA) is 106 Å². The standard InChI is InChI=1S/C31H37F3N5O4P/c1-4-42-44(41,43-5-2)19-20-11-13-22(14-12-20)36-30-35-17-25(31(32,33)34)28(38-30)37-26-16-15-23(21-9-7-6-8-10-21)24-18-39(3)29(40)27(24)26/h11-17,21H,4-10,18-19H2,1-3H3,(H2,35,36,37,38). The van der Waals surface area contributed by atoms with Gasteiger partial charge < -0.3 is 24.6 Å². The molecule has 0 bridgehead atoms. The number of alkyl halides is 3. The highest BCUT2D eigenvalue weighted by Gasteiger charge is 2.37. The molecule has 0 spiro atoms. The summed E-state index contributed by atoms with van der Waals surface area (Å²) in [5, 5.41) is 5.76. The van der Waals surface area contributed by atoms with E-state index in [0.29, 0.717) is 29.3 Å². The molecule has 2 aliphatic rings. The summed E-state index contributed by atoms with van der Waals surface area (Å²) in [6.45, 7) is 4.39. The van der Waals surface area contributed by atoms with E-state index < -0.39 is 25.2 Å². The van der Waals surface area contributed by atoms with Crippen molar-refractivity contribution in [3.8, 4) is 0 Å². The van der Waals surface area contributed by atoms with Gasteiger partial charge in [-0.3, -0.25) is 9.36 Å². The Balaban J connectivity index is 1.42. The van der Waals surface area contributed by atoms with Gasteiger partial charge in [-0.1, -0.05) is 37.5 Å². The van der Waals surface area contributed by atoms with Crippen LogP contribution in [0.4, 0.5) is 36.3 Å². The van der Waals surface area contributed by atoms with E-state index in [1.807, 2.05) is 6.07 Å². The number of benzene rings is 2. The molecule has 2 aromatic carbocycles. The summed E-state index contributed by atoms with van der Waals surface area (Å²) in [5.41, 5.74) is 2.81. The molecule has 3 aromatic rings. The minimum atomic E-state index is -4.73. The summed E-state index contributed by atoms with van der Waals surface area (Å²) in [5.74, 6) is -0.431. The van der Waals surface area contributed by atoms with Gasteiger partial charge in [-0.15, -0.1) is 0 Å². The van der Waals surface area contributed by atoms with E-state index in [-0.39, 0.29) is 36.9 Å². The normalized spacial score (nSPS) is 15.9. The van der Waals surface area contributed by atoms with E-state index in [1.54, 1.807) is 56.1 Å². The lowest BCUT2D eigenvalue weighted by atomic mass is 9.81. The zero-order valence-electron chi connectivity index (χ0n) is 25.0. The summed E-state index contributed by atoms with van der Waals surface area (Å²) in [6.07, 6.45) is 1.58. The van der Waals surface area contributed by atoms with Gasteiger partial charge in [-0.05, 0) is 67.5 Å². The molecule has 2 heterocycles. The summed E-state index contributed by atoms with van der Waals surface area (Å²) < 4.78 is 65.8. The molecule has 44 heavy (non-hydrogen) atoms. The summed E-state index contributed by atoms with van der Waals surface area (Å²) >= 11 is 0. The quantitative estimate of drug-likeness (QED) is 0.203. The van der Waals surface area contributed by atoms with Crippen LogP contribution in [-0.2, 0) is 32.5 Å². The number of carbonyl (C=O) groups excluding carboxylic acids is 1. The fourth-order valence-corrected chi connectivity index (χ4v) is 7.62. The molecule has 9 nitrogen and oxygen atoms in total. The van der Waals surface area contributed by atoms with Crippen molar-refractivity contribution < 1.29 is 31.6 Å². The second kappa shape index (κ2) is 13.3. The second-order valence-electron chi connectivity index (χ2n) is 11.1. The first kappa shape index (κ1) is 31.9. The van der Waals surface area contributed by atoms with Crippen LogP contribution in [0.25, 0.3) is 0 Å². The lowest BCUT2D eigenvalue weighted by molar-refractivity contribution is -0.137. The predicted molar refractivity (Wildman–Crippen MR) is 163 cm³/mol. The average Bonchev–Trinajstić information content (AvgIpc) is 3.28. The first-order valence-corrected chi connectivity index (χ1v) is 16.6. The number of hydrogen-bond acceptors (Lipinski definition) is 8. The number of aromatic nitrogens is 2. The zero-order valence-corrected chi connectivity index (χ0v) is 25.9. The Morgan fingerprint density at radius 2 is 1.68 bits per heavy atom. The van der Waals surface area contributed by atoms with Crippen molar-refractivity contribution in [3.63, 3.8) is 0 Å². The molecule has 1 saturated carbocycles. The number of rotatable bonds is 11. The Morgan fingerprint density at radius 3 is 2.32 bits per heavy atom. The molecule has 1 aliphatic carbocycles. The van der Waals surface area contributed by atoms with Gasteiger partial charge in [0.2, 0.25) is 5.95 Å². The monoisotopic (exact) mass is 631 g/mol. The zero-order chi connectivity index (χ0) is 31.5.